The van der Waals surface area contributed by atoms with E-state index in [0.29, 0.717) is 5.25 Å². The van der Waals surface area contributed by atoms with E-state index in [2.05, 4.69) is 0 Å². The maximum Gasteiger partial charge on any atom is 0.195 e. The van der Waals surface area contributed by atoms with Gasteiger partial charge in [-0.25, -0.2) is 13.2 Å². The second-order valence-corrected chi connectivity index (χ2v) is 5.65. The molecule has 98 valence electrons. The Hall–Kier alpha value is -0.970. The average molecular weight is 274 g/mol. The zero-order chi connectivity index (χ0) is 13.1. The molecule has 0 spiro atoms. The first-order valence-electron chi connectivity index (χ1n) is 5.88. The van der Waals surface area contributed by atoms with E-state index in [4.69, 9.17) is 0 Å². The lowest BCUT2D eigenvalue weighted by atomic mass is 10.1. The maximum absolute atomic E-state index is 13.4. The number of halogens is 3. The predicted molar refractivity (Wildman–Crippen MR) is 65.4 cm³/mol. The Morgan fingerprint density at radius 1 is 1.17 bits per heavy atom. The Labute approximate surface area is 108 Å². The lowest BCUT2D eigenvalue weighted by Crippen LogP contribution is -2.10. The minimum absolute atomic E-state index is 0.118. The van der Waals surface area contributed by atoms with Crippen molar-refractivity contribution < 1.29 is 18.0 Å². The number of benzene rings is 1. The van der Waals surface area contributed by atoms with Gasteiger partial charge in [-0.1, -0.05) is 12.8 Å². The first-order valence-corrected chi connectivity index (χ1v) is 6.92. The number of Topliss-reactive ketones (excluding diaryl/α,β-unsaturated/α-hetero) is 1. The van der Waals surface area contributed by atoms with Crippen LogP contribution in [-0.4, -0.2) is 16.8 Å². The third-order valence-corrected chi connectivity index (χ3v) is 4.46. The topological polar surface area (TPSA) is 17.1 Å². The molecule has 5 heteroatoms. The van der Waals surface area contributed by atoms with Gasteiger partial charge >= 0.3 is 0 Å². The van der Waals surface area contributed by atoms with Crippen LogP contribution < -0.4 is 0 Å². The highest BCUT2D eigenvalue weighted by atomic mass is 32.2. The van der Waals surface area contributed by atoms with Crippen LogP contribution in [-0.2, 0) is 0 Å². The minimum Gasteiger partial charge on any atom is -0.293 e. The smallest absolute Gasteiger partial charge is 0.195 e. The number of hydrogen-bond acceptors (Lipinski definition) is 2. The van der Waals surface area contributed by atoms with Crippen LogP contribution in [0, 0.1) is 17.5 Å². The fourth-order valence-electron chi connectivity index (χ4n) is 2.07. The van der Waals surface area contributed by atoms with Crippen molar-refractivity contribution in [1.29, 1.82) is 0 Å². The third kappa shape index (κ3) is 2.88. The van der Waals surface area contributed by atoms with Crippen LogP contribution in [0.25, 0.3) is 0 Å². The molecule has 1 nitrogen and oxygen atoms in total. The summed E-state index contributed by atoms with van der Waals surface area (Å²) < 4.78 is 39.1. The molecule has 0 amide bonds. The van der Waals surface area contributed by atoms with Gasteiger partial charge in [0.1, 0.15) is 0 Å². The first kappa shape index (κ1) is 13.5. The van der Waals surface area contributed by atoms with E-state index >= 15 is 0 Å². The Morgan fingerprint density at radius 3 is 2.50 bits per heavy atom. The molecule has 1 aromatic carbocycles. The zero-order valence-electron chi connectivity index (χ0n) is 9.72. The summed E-state index contributed by atoms with van der Waals surface area (Å²) in [4.78, 5) is 11.7. The number of rotatable bonds is 4. The van der Waals surface area contributed by atoms with E-state index in [-0.39, 0.29) is 11.3 Å². The summed E-state index contributed by atoms with van der Waals surface area (Å²) in [6, 6.07) is 1.79. The molecule has 2 rings (SSSR count). The summed E-state index contributed by atoms with van der Waals surface area (Å²) >= 11 is 1.47. The molecule has 0 aliphatic heterocycles. The first-order chi connectivity index (χ1) is 8.59. The predicted octanol–water partition coefficient (Wildman–Crippen LogP) is 3.96. The normalized spacial score (nSPS) is 16.2. The zero-order valence-corrected chi connectivity index (χ0v) is 10.5. The molecule has 0 N–H and O–H groups in total. The van der Waals surface area contributed by atoms with Crippen LogP contribution in [0.5, 0.6) is 0 Å². The van der Waals surface area contributed by atoms with Crippen molar-refractivity contribution in [3.63, 3.8) is 0 Å². The second-order valence-electron chi connectivity index (χ2n) is 4.36. The fraction of sp³-hybridized carbons (Fsp3) is 0.462. The Morgan fingerprint density at radius 2 is 1.83 bits per heavy atom. The molecule has 0 saturated heterocycles. The molecular weight excluding hydrogens is 261 g/mol. The van der Waals surface area contributed by atoms with Gasteiger partial charge in [-0.2, -0.15) is 11.8 Å². The van der Waals surface area contributed by atoms with Gasteiger partial charge in [-0.05, 0) is 25.0 Å². The van der Waals surface area contributed by atoms with Crippen LogP contribution in [0.15, 0.2) is 12.1 Å². The summed E-state index contributed by atoms with van der Waals surface area (Å²) in [6.45, 7) is 0. The van der Waals surface area contributed by atoms with Gasteiger partial charge in [-0.3, -0.25) is 4.79 Å². The highest BCUT2D eigenvalue weighted by molar-refractivity contribution is 8.00. The molecule has 1 aromatic rings. The van der Waals surface area contributed by atoms with E-state index < -0.39 is 23.2 Å². The lowest BCUT2D eigenvalue weighted by Gasteiger charge is -2.08. The Balaban J connectivity index is 2.02. The summed E-state index contributed by atoms with van der Waals surface area (Å²) in [6.07, 6.45) is 4.45. The third-order valence-electron chi connectivity index (χ3n) is 3.09. The number of carbonyl (C=O) groups is 1. The van der Waals surface area contributed by atoms with E-state index in [1.807, 2.05) is 0 Å². The standard InChI is InChI=1S/C13H13F3OS/c14-10-6-5-9(12(15)13(10)16)11(17)7-18-8-3-1-2-4-8/h5-6,8H,1-4,7H2. The van der Waals surface area contributed by atoms with Gasteiger partial charge in [0.2, 0.25) is 0 Å². The van der Waals surface area contributed by atoms with E-state index in [0.717, 1.165) is 37.8 Å². The van der Waals surface area contributed by atoms with Gasteiger partial charge < -0.3 is 0 Å². The highest BCUT2D eigenvalue weighted by Crippen LogP contribution is 2.30. The summed E-state index contributed by atoms with van der Waals surface area (Å²) in [5, 5.41) is 0.433. The SMILES string of the molecule is O=C(CSC1CCCC1)c1ccc(F)c(F)c1F. The van der Waals surface area contributed by atoms with Gasteiger partial charge in [0, 0.05) is 5.25 Å². The van der Waals surface area contributed by atoms with Gasteiger partial charge in [0.15, 0.2) is 23.2 Å². The van der Waals surface area contributed by atoms with Crippen molar-refractivity contribution in [2.75, 3.05) is 5.75 Å². The van der Waals surface area contributed by atoms with E-state index in [9.17, 15) is 18.0 Å². The van der Waals surface area contributed by atoms with Gasteiger partial charge in [0.25, 0.3) is 0 Å². The Kier molecular flexibility index (Phi) is 4.32. The highest BCUT2D eigenvalue weighted by Gasteiger charge is 2.21. The van der Waals surface area contributed by atoms with Crippen LogP contribution in [0.2, 0.25) is 0 Å². The largest absolute Gasteiger partial charge is 0.293 e. The van der Waals surface area contributed by atoms with Crippen molar-refractivity contribution in [2.24, 2.45) is 0 Å². The van der Waals surface area contributed by atoms with Crippen molar-refractivity contribution in [2.45, 2.75) is 30.9 Å². The van der Waals surface area contributed by atoms with Crippen LogP contribution >= 0.6 is 11.8 Å². The maximum atomic E-state index is 13.4. The molecule has 0 bridgehead atoms. The van der Waals surface area contributed by atoms with Crippen molar-refractivity contribution in [1.82, 2.24) is 0 Å². The monoisotopic (exact) mass is 274 g/mol. The minimum atomic E-state index is -1.58. The van der Waals surface area contributed by atoms with Crippen LogP contribution in [0.1, 0.15) is 36.0 Å². The molecule has 0 atom stereocenters. The number of thioether (sulfide) groups is 1. The summed E-state index contributed by atoms with van der Waals surface area (Å²) in [5.41, 5.74) is -0.362. The van der Waals surface area contributed by atoms with Crippen molar-refractivity contribution in [3.05, 3.63) is 35.1 Å². The summed E-state index contributed by atoms with van der Waals surface area (Å²) in [7, 11) is 0. The molecule has 0 unspecified atom stereocenters. The molecular formula is C13H13F3OS. The van der Waals surface area contributed by atoms with Crippen LogP contribution in [0.4, 0.5) is 13.2 Å². The quantitative estimate of drug-likeness (QED) is 0.610. The van der Waals surface area contributed by atoms with Crippen LogP contribution in [0.3, 0.4) is 0 Å². The fourth-order valence-corrected chi connectivity index (χ4v) is 3.28. The van der Waals surface area contributed by atoms with Gasteiger partial charge in [0.05, 0.1) is 11.3 Å². The second kappa shape index (κ2) is 5.78. The number of hydrogen-bond donors (Lipinski definition) is 0. The molecule has 1 fully saturated rings. The van der Waals surface area contributed by atoms with E-state index in [1.165, 1.54) is 11.8 Å². The molecule has 0 aromatic heterocycles. The molecule has 0 heterocycles. The Bertz CT molecular complexity index is 456. The van der Waals surface area contributed by atoms with E-state index in [1.54, 1.807) is 0 Å². The molecule has 18 heavy (non-hydrogen) atoms. The number of carbonyl (C=O) groups excluding carboxylic acids is 1. The molecule has 1 aliphatic carbocycles. The lowest BCUT2D eigenvalue weighted by molar-refractivity contribution is 0.101. The number of ketones is 1. The van der Waals surface area contributed by atoms with Gasteiger partial charge in [-0.15, -0.1) is 0 Å². The molecule has 1 saturated carbocycles. The molecule has 0 radical (unpaired) electrons. The van der Waals surface area contributed by atoms with Crippen molar-refractivity contribution >= 4 is 17.5 Å². The summed E-state index contributed by atoms with van der Waals surface area (Å²) in [5.74, 6) is -4.60. The molecule has 1 aliphatic rings. The van der Waals surface area contributed by atoms with Crippen molar-refractivity contribution in [3.8, 4) is 0 Å². The average Bonchev–Trinajstić information content (AvgIpc) is 2.86.